The van der Waals surface area contributed by atoms with Gasteiger partial charge in [0.2, 0.25) is 0 Å². The van der Waals surface area contributed by atoms with E-state index in [-0.39, 0.29) is 18.4 Å². The average Bonchev–Trinajstić information content (AvgIpc) is 2.41. The molecule has 0 saturated heterocycles. The quantitative estimate of drug-likeness (QED) is 0.695. The minimum Gasteiger partial charge on any atom is -0.398 e. The van der Waals surface area contributed by atoms with Gasteiger partial charge in [0.15, 0.2) is 0 Å². The molecule has 1 amide bonds. The Kier molecular flexibility index (Phi) is 6.49. The van der Waals surface area contributed by atoms with E-state index in [1.54, 1.807) is 12.1 Å². The molecule has 0 heterocycles. The number of amides is 1. The molecule has 0 fully saturated rings. The summed E-state index contributed by atoms with van der Waals surface area (Å²) < 4.78 is 0.770. The van der Waals surface area contributed by atoms with Crippen LogP contribution in [0.15, 0.2) is 16.6 Å². The highest BCUT2D eigenvalue weighted by Gasteiger charge is 2.18. The average molecular weight is 343 g/mol. The smallest absolute Gasteiger partial charge is 0.251 e. The van der Waals surface area contributed by atoms with Gasteiger partial charge in [-0.15, -0.1) is 0 Å². The fraction of sp³-hybridized carbons (Fsp3) is 0.533. The molecule has 1 unspecified atom stereocenters. The number of nitrogens with one attached hydrogen (secondary N) is 1. The highest BCUT2D eigenvalue weighted by Crippen LogP contribution is 2.22. The van der Waals surface area contributed by atoms with Gasteiger partial charge in [-0.2, -0.15) is 0 Å². The van der Waals surface area contributed by atoms with Crippen LogP contribution in [-0.4, -0.2) is 23.7 Å². The molecule has 0 bridgehead atoms. The molecular formula is C15H23BrN2O2. The molecule has 4 N–H and O–H groups in total. The van der Waals surface area contributed by atoms with Gasteiger partial charge >= 0.3 is 0 Å². The summed E-state index contributed by atoms with van der Waals surface area (Å²) in [6.07, 6.45) is 1.28. The minimum absolute atomic E-state index is 0.208. The van der Waals surface area contributed by atoms with Gasteiger partial charge in [0.05, 0.1) is 6.10 Å². The number of hydrogen-bond acceptors (Lipinski definition) is 3. The predicted octanol–water partition coefficient (Wildman–Crippen LogP) is 2.87. The van der Waals surface area contributed by atoms with Crippen LogP contribution in [-0.2, 0) is 0 Å². The van der Waals surface area contributed by atoms with Crippen molar-refractivity contribution < 1.29 is 9.90 Å². The monoisotopic (exact) mass is 342 g/mol. The van der Waals surface area contributed by atoms with E-state index in [1.165, 1.54) is 0 Å². The lowest BCUT2D eigenvalue weighted by Crippen LogP contribution is -2.36. The van der Waals surface area contributed by atoms with Crippen LogP contribution in [0.4, 0.5) is 5.69 Å². The number of aliphatic hydroxyl groups is 1. The van der Waals surface area contributed by atoms with Gasteiger partial charge in [-0.05, 0) is 30.5 Å². The second kappa shape index (κ2) is 7.64. The van der Waals surface area contributed by atoms with Crippen molar-refractivity contribution in [1.82, 2.24) is 5.32 Å². The molecule has 0 radical (unpaired) electrons. The van der Waals surface area contributed by atoms with Crippen molar-refractivity contribution in [1.29, 1.82) is 0 Å². The number of anilines is 1. The molecule has 0 saturated carbocycles. The SMILES string of the molecule is CCC(CC)C(O)CNC(=O)c1cc(Br)cc(N)c1C. The largest absolute Gasteiger partial charge is 0.398 e. The van der Waals surface area contributed by atoms with E-state index in [0.717, 1.165) is 22.9 Å². The molecule has 112 valence electrons. The van der Waals surface area contributed by atoms with Gasteiger partial charge in [0.25, 0.3) is 5.91 Å². The van der Waals surface area contributed by atoms with Crippen molar-refractivity contribution in [2.45, 2.75) is 39.7 Å². The maximum absolute atomic E-state index is 12.2. The molecule has 0 aromatic heterocycles. The Hall–Kier alpha value is -1.07. The first-order valence-corrected chi connectivity index (χ1v) is 7.71. The van der Waals surface area contributed by atoms with E-state index in [9.17, 15) is 9.90 Å². The second-order valence-electron chi connectivity index (χ2n) is 5.02. The molecule has 1 atom stereocenters. The van der Waals surface area contributed by atoms with E-state index in [2.05, 4.69) is 21.2 Å². The second-order valence-corrected chi connectivity index (χ2v) is 5.94. The zero-order chi connectivity index (χ0) is 15.3. The van der Waals surface area contributed by atoms with Crippen molar-refractivity contribution in [3.8, 4) is 0 Å². The third-order valence-electron chi connectivity index (χ3n) is 3.72. The number of rotatable bonds is 6. The number of nitrogen functional groups attached to an aromatic ring is 1. The number of benzene rings is 1. The number of aliphatic hydroxyl groups excluding tert-OH is 1. The van der Waals surface area contributed by atoms with Crippen LogP contribution in [0.3, 0.4) is 0 Å². The summed E-state index contributed by atoms with van der Waals surface area (Å²) in [4.78, 5) is 12.2. The number of halogens is 1. The van der Waals surface area contributed by atoms with Gasteiger partial charge in [0.1, 0.15) is 0 Å². The van der Waals surface area contributed by atoms with Crippen LogP contribution in [0, 0.1) is 12.8 Å². The third-order valence-corrected chi connectivity index (χ3v) is 4.18. The van der Waals surface area contributed by atoms with Crippen LogP contribution in [0.5, 0.6) is 0 Å². The van der Waals surface area contributed by atoms with Crippen molar-refractivity contribution in [3.63, 3.8) is 0 Å². The van der Waals surface area contributed by atoms with Gasteiger partial charge < -0.3 is 16.2 Å². The highest BCUT2D eigenvalue weighted by molar-refractivity contribution is 9.10. The molecule has 1 rings (SSSR count). The van der Waals surface area contributed by atoms with Gasteiger partial charge in [-0.3, -0.25) is 4.79 Å². The lowest BCUT2D eigenvalue weighted by Gasteiger charge is -2.20. The zero-order valence-electron chi connectivity index (χ0n) is 12.2. The van der Waals surface area contributed by atoms with Gasteiger partial charge in [0, 0.05) is 22.3 Å². The summed E-state index contributed by atoms with van der Waals surface area (Å²) in [6, 6.07) is 3.51. The standard InChI is InChI=1S/C15H23BrN2O2/c1-4-10(5-2)14(19)8-18-15(20)12-6-11(16)7-13(17)9(12)3/h6-7,10,14,19H,4-5,8,17H2,1-3H3,(H,18,20). The fourth-order valence-electron chi connectivity index (χ4n) is 2.23. The third kappa shape index (κ3) is 4.21. The van der Waals surface area contributed by atoms with E-state index < -0.39 is 6.10 Å². The molecule has 4 nitrogen and oxygen atoms in total. The van der Waals surface area contributed by atoms with Crippen LogP contribution in [0.1, 0.15) is 42.6 Å². The van der Waals surface area contributed by atoms with Crippen LogP contribution >= 0.6 is 15.9 Å². The normalized spacial score (nSPS) is 12.5. The van der Waals surface area contributed by atoms with E-state index in [1.807, 2.05) is 20.8 Å². The number of hydrogen-bond donors (Lipinski definition) is 3. The van der Waals surface area contributed by atoms with Crippen LogP contribution < -0.4 is 11.1 Å². The Balaban J connectivity index is 2.73. The summed E-state index contributed by atoms with van der Waals surface area (Å²) in [5.41, 5.74) is 7.71. The minimum atomic E-state index is -0.515. The first-order valence-electron chi connectivity index (χ1n) is 6.92. The first-order chi connectivity index (χ1) is 9.40. The maximum atomic E-state index is 12.2. The molecule has 0 aliphatic carbocycles. The summed E-state index contributed by atoms with van der Waals surface area (Å²) in [7, 11) is 0. The lowest BCUT2D eigenvalue weighted by atomic mass is 9.96. The summed E-state index contributed by atoms with van der Waals surface area (Å²) in [5.74, 6) is 0.00415. The molecule has 0 aliphatic rings. The van der Waals surface area contributed by atoms with Crippen molar-refractivity contribution >= 4 is 27.5 Å². The molecule has 1 aromatic rings. The summed E-state index contributed by atoms with van der Waals surface area (Å²) in [5, 5.41) is 12.8. The summed E-state index contributed by atoms with van der Waals surface area (Å²) in [6.45, 7) is 6.15. The molecule has 20 heavy (non-hydrogen) atoms. The highest BCUT2D eigenvalue weighted by atomic mass is 79.9. The Morgan fingerprint density at radius 1 is 1.40 bits per heavy atom. The van der Waals surface area contributed by atoms with Crippen molar-refractivity contribution in [3.05, 3.63) is 27.7 Å². The fourth-order valence-corrected chi connectivity index (χ4v) is 2.70. The van der Waals surface area contributed by atoms with Gasteiger partial charge in [-0.25, -0.2) is 0 Å². The van der Waals surface area contributed by atoms with E-state index in [4.69, 9.17) is 5.73 Å². The number of nitrogens with two attached hydrogens (primary N) is 1. The Bertz CT molecular complexity index is 473. The topological polar surface area (TPSA) is 75.3 Å². The van der Waals surface area contributed by atoms with Crippen LogP contribution in [0.25, 0.3) is 0 Å². The predicted molar refractivity (Wildman–Crippen MR) is 85.7 cm³/mol. The number of carbonyl (C=O) groups is 1. The Labute approximate surface area is 128 Å². The molecule has 5 heteroatoms. The molecule has 0 aliphatic heterocycles. The molecular weight excluding hydrogens is 320 g/mol. The van der Waals surface area contributed by atoms with E-state index in [0.29, 0.717) is 11.3 Å². The van der Waals surface area contributed by atoms with Crippen LogP contribution in [0.2, 0.25) is 0 Å². The Morgan fingerprint density at radius 2 is 2.00 bits per heavy atom. The summed E-state index contributed by atoms with van der Waals surface area (Å²) >= 11 is 3.33. The van der Waals surface area contributed by atoms with E-state index >= 15 is 0 Å². The molecule has 1 aromatic carbocycles. The zero-order valence-corrected chi connectivity index (χ0v) is 13.8. The Morgan fingerprint density at radius 3 is 2.55 bits per heavy atom. The first kappa shape index (κ1) is 17.0. The number of carbonyl (C=O) groups excluding carboxylic acids is 1. The maximum Gasteiger partial charge on any atom is 0.251 e. The molecule has 0 spiro atoms. The van der Waals surface area contributed by atoms with Gasteiger partial charge in [-0.1, -0.05) is 42.6 Å². The van der Waals surface area contributed by atoms with Crippen molar-refractivity contribution in [2.75, 3.05) is 12.3 Å². The lowest BCUT2D eigenvalue weighted by molar-refractivity contribution is 0.0816. The van der Waals surface area contributed by atoms with Crippen molar-refractivity contribution in [2.24, 2.45) is 5.92 Å².